The van der Waals surface area contributed by atoms with Crippen molar-refractivity contribution in [3.63, 3.8) is 0 Å². The van der Waals surface area contributed by atoms with Gasteiger partial charge in [0.15, 0.2) is 5.82 Å². The summed E-state index contributed by atoms with van der Waals surface area (Å²) in [6.07, 6.45) is 3.39. The first kappa shape index (κ1) is 14.6. The predicted molar refractivity (Wildman–Crippen MR) is 79.4 cm³/mol. The minimum absolute atomic E-state index is 0.227. The Kier molecular flexibility index (Phi) is 3.38. The van der Waals surface area contributed by atoms with E-state index in [1.807, 2.05) is 20.9 Å². The Hall–Kier alpha value is -2.38. The molecule has 1 aliphatic rings. The number of hydrogen-bond acceptors (Lipinski definition) is 5. The van der Waals surface area contributed by atoms with Gasteiger partial charge in [0.1, 0.15) is 5.54 Å². The van der Waals surface area contributed by atoms with Crippen LogP contribution in [0.3, 0.4) is 0 Å². The molecule has 2 amide bonds. The van der Waals surface area contributed by atoms with Gasteiger partial charge in [-0.2, -0.15) is 10.1 Å². The Morgan fingerprint density at radius 3 is 2.73 bits per heavy atom. The van der Waals surface area contributed by atoms with Gasteiger partial charge in [-0.3, -0.25) is 4.68 Å². The Balaban J connectivity index is 1.71. The van der Waals surface area contributed by atoms with E-state index in [4.69, 9.17) is 4.52 Å². The standard InChI is InChI=1S/C14H20N6O2/c1-8(2)11-10(7-20(4)18-11)16-13(21)17-14(5-6-14)12-15-9(3)19-22-12/h7-8H,5-6H2,1-4H3,(H2,16,17,21). The van der Waals surface area contributed by atoms with Crippen molar-refractivity contribution in [2.24, 2.45) is 7.05 Å². The summed E-state index contributed by atoms with van der Waals surface area (Å²) in [6, 6.07) is -0.289. The second-order valence-corrected chi connectivity index (χ2v) is 6.06. The SMILES string of the molecule is Cc1noc(C2(NC(=O)Nc3cn(C)nc3C(C)C)CC2)n1. The van der Waals surface area contributed by atoms with E-state index < -0.39 is 5.54 Å². The molecule has 3 rings (SSSR count). The van der Waals surface area contributed by atoms with Crippen molar-refractivity contribution in [2.45, 2.75) is 45.1 Å². The maximum absolute atomic E-state index is 12.3. The van der Waals surface area contributed by atoms with E-state index in [-0.39, 0.29) is 11.9 Å². The molecule has 118 valence electrons. The highest BCUT2D eigenvalue weighted by atomic mass is 16.5. The van der Waals surface area contributed by atoms with Gasteiger partial charge in [0.05, 0.1) is 11.4 Å². The van der Waals surface area contributed by atoms with Crippen LogP contribution in [-0.4, -0.2) is 26.0 Å². The first-order valence-corrected chi connectivity index (χ1v) is 7.33. The zero-order valence-electron chi connectivity index (χ0n) is 13.2. The lowest BCUT2D eigenvalue weighted by molar-refractivity contribution is 0.241. The van der Waals surface area contributed by atoms with Gasteiger partial charge >= 0.3 is 6.03 Å². The summed E-state index contributed by atoms with van der Waals surface area (Å²) >= 11 is 0. The molecule has 22 heavy (non-hydrogen) atoms. The van der Waals surface area contributed by atoms with Crippen LogP contribution in [0.15, 0.2) is 10.7 Å². The normalized spacial score (nSPS) is 15.9. The quantitative estimate of drug-likeness (QED) is 0.900. The fourth-order valence-corrected chi connectivity index (χ4v) is 2.41. The lowest BCUT2D eigenvalue weighted by Crippen LogP contribution is -2.38. The summed E-state index contributed by atoms with van der Waals surface area (Å²) < 4.78 is 6.88. The Morgan fingerprint density at radius 1 is 1.45 bits per heavy atom. The van der Waals surface area contributed by atoms with E-state index in [0.717, 1.165) is 18.5 Å². The zero-order chi connectivity index (χ0) is 15.9. The molecule has 2 N–H and O–H groups in total. The van der Waals surface area contributed by atoms with E-state index in [9.17, 15) is 4.79 Å². The zero-order valence-corrected chi connectivity index (χ0v) is 13.2. The Labute approximate surface area is 128 Å². The third-order valence-electron chi connectivity index (χ3n) is 3.69. The van der Waals surface area contributed by atoms with E-state index in [2.05, 4.69) is 25.9 Å². The van der Waals surface area contributed by atoms with Gasteiger partial charge in [0.25, 0.3) is 5.89 Å². The predicted octanol–water partition coefficient (Wildman–Crippen LogP) is 2.05. The van der Waals surface area contributed by atoms with E-state index in [0.29, 0.717) is 17.4 Å². The molecule has 0 radical (unpaired) electrons. The van der Waals surface area contributed by atoms with E-state index in [1.165, 1.54) is 0 Å². The fraction of sp³-hybridized carbons (Fsp3) is 0.571. The second-order valence-electron chi connectivity index (χ2n) is 6.06. The van der Waals surface area contributed by atoms with Gasteiger partial charge in [-0.25, -0.2) is 4.79 Å². The number of nitrogens with one attached hydrogen (secondary N) is 2. The molecular formula is C14H20N6O2. The molecule has 1 aliphatic carbocycles. The molecule has 2 aromatic rings. The monoisotopic (exact) mass is 304 g/mol. The average Bonchev–Trinajstić information content (AvgIpc) is 2.89. The molecular weight excluding hydrogens is 284 g/mol. The number of carbonyl (C=O) groups excluding carboxylic acids is 1. The molecule has 2 aromatic heterocycles. The molecule has 8 nitrogen and oxygen atoms in total. The van der Waals surface area contributed by atoms with Gasteiger partial charge in [0.2, 0.25) is 0 Å². The number of urea groups is 1. The molecule has 0 saturated heterocycles. The summed E-state index contributed by atoms with van der Waals surface area (Å²) in [6.45, 7) is 5.83. The van der Waals surface area contributed by atoms with Crippen molar-refractivity contribution in [1.29, 1.82) is 0 Å². The van der Waals surface area contributed by atoms with Crippen LogP contribution in [0.2, 0.25) is 0 Å². The molecule has 0 aliphatic heterocycles. The Morgan fingerprint density at radius 2 is 2.18 bits per heavy atom. The van der Waals surface area contributed by atoms with Gasteiger partial charge in [0, 0.05) is 13.2 Å². The smallest absolute Gasteiger partial charge is 0.320 e. The van der Waals surface area contributed by atoms with Gasteiger partial charge < -0.3 is 15.2 Å². The van der Waals surface area contributed by atoms with Crippen LogP contribution in [-0.2, 0) is 12.6 Å². The molecule has 2 heterocycles. The number of carbonyl (C=O) groups is 1. The summed E-state index contributed by atoms with van der Waals surface area (Å²) in [5, 5.41) is 14.0. The van der Waals surface area contributed by atoms with Crippen molar-refractivity contribution < 1.29 is 9.32 Å². The first-order chi connectivity index (χ1) is 10.4. The van der Waals surface area contributed by atoms with E-state index in [1.54, 1.807) is 17.8 Å². The minimum Gasteiger partial charge on any atom is -0.337 e. The number of aryl methyl sites for hydroxylation is 2. The topological polar surface area (TPSA) is 97.9 Å². The first-order valence-electron chi connectivity index (χ1n) is 7.33. The molecule has 0 spiro atoms. The van der Waals surface area contributed by atoms with Crippen LogP contribution >= 0.6 is 0 Å². The number of anilines is 1. The molecule has 0 atom stereocenters. The molecule has 8 heteroatoms. The number of aromatic nitrogens is 4. The van der Waals surface area contributed by atoms with Crippen LogP contribution in [0.1, 0.15) is 50.0 Å². The van der Waals surface area contributed by atoms with Gasteiger partial charge in [-0.15, -0.1) is 0 Å². The highest BCUT2D eigenvalue weighted by Crippen LogP contribution is 2.44. The largest absolute Gasteiger partial charge is 0.337 e. The minimum atomic E-state index is -0.522. The molecule has 0 bridgehead atoms. The number of rotatable bonds is 4. The summed E-state index contributed by atoms with van der Waals surface area (Å²) in [7, 11) is 1.83. The lowest BCUT2D eigenvalue weighted by atomic mass is 10.1. The molecule has 1 fully saturated rings. The highest BCUT2D eigenvalue weighted by Gasteiger charge is 2.51. The van der Waals surface area contributed by atoms with Gasteiger partial charge in [-0.1, -0.05) is 19.0 Å². The third-order valence-corrected chi connectivity index (χ3v) is 3.69. The molecule has 1 saturated carbocycles. The van der Waals surface area contributed by atoms with Crippen molar-refractivity contribution in [1.82, 2.24) is 25.2 Å². The summed E-state index contributed by atoms with van der Waals surface area (Å²) in [4.78, 5) is 16.5. The van der Waals surface area contributed by atoms with Crippen LogP contribution in [0.5, 0.6) is 0 Å². The summed E-state index contributed by atoms with van der Waals surface area (Å²) in [5.41, 5.74) is 1.05. The van der Waals surface area contributed by atoms with Crippen molar-refractivity contribution in [3.8, 4) is 0 Å². The maximum atomic E-state index is 12.3. The third kappa shape index (κ3) is 2.68. The van der Waals surface area contributed by atoms with Crippen molar-refractivity contribution in [3.05, 3.63) is 23.6 Å². The van der Waals surface area contributed by atoms with E-state index >= 15 is 0 Å². The Bertz CT molecular complexity index is 698. The van der Waals surface area contributed by atoms with Crippen LogP contribution in [0.4, 0.5) is 10.5 Å². The maximum Gasteiger partial charge on any atom is 0.320 e. The van der Waals surface area contributed by atoms with Crippen molar-refractivity contribution >= 4 is 11.7 Å². The summed E-state index contributed by atoms with van der Waals surface area (Å²) in [5.74, 6) is 1.26. The van der Waals surface area contributed by atoms with Crippen molar-refractivity contribution in [2.75, 3.05) is 5.32 Å². The second kappa shape index (κ2) is 5.11. The van der Waals surface area contributed by atoms with Gasteiger partial charge in [-0.05, 0) is 25.7 Å². The molecule has 0 aromatic carbocycles. The van der Waals surface area contributed by atoms with Crippen LogP contribution < -0.4 is 10.6 Å². The average molecular weight is 304 g/mol. The number of nitrogens with zero attached hydrogens (tertiary/aromatic N) is 4. The molecule has 0 unspecified atom stereocenters. The van der Waals surface area contributed by atoms with Crippen LogP contribution in [0.25, 0.3) is 0 Å². The highest BCUT2D eigenvalue weighted by molar-refractivity contribution is 5.90. The number of hydrogen-bond donors (Lipinski definition) is 2. The number of amides is 2. The fourth-order valence-electron chi connectivity index (χ4n) is 2.41. The lowest BCUT2D eigenvalue weighted by Gasteiger charge is -2.14. The van der Waals surface area contributed by atoms with Crippen LogP contribution in [0, 0.1) is 6.92 Å².